The van der Waals surface area contributed by atoms with Crippen molar-refractivity contribution in [3.63, 3.8) is 0 Å². The second-order valence-electron chi connectivity index (χ2n) is 1.61. The van der Waals surface area contributed by atoms with Crippen molar-refractivity contribution >= 4 is 42.1 Å². The second kappa shape index (κ2) is 4.24. The number of hydrogen-bond donors (Lipinski definition) is 0. The fourth-order valence-electron chi connectivity index (χ4n) is 0.616. The zero-order valence-corrected chi connectivity index (χ0v) is 8.26. The molecule has 0 aromatic rings. The summed E-state index contributed by atoms with van der Waals surface area (Å²) in [7, 11) is 1.84. The van der Waals surface area contributed by atoms with Crippen LogP contribution in [0.5, 0.6) is 0 Å². The largest absolute Gasteiger partial charge is 0.240 e. The maximum absolute atomic E-state index is 2.40. The maximum Gasteiger partial charge on any atom is 0.0188 e. The minimum atomic E-state index is 1.26. The van der Waals surface area contributed by atoms with Gasteiger partial charge in [0.1, 0.15) is 0 Å². The van der Waals surface area contributed by atoms with Crippen LogP contribution in [0.3, 0.4) is 0 Å². The highest BCUT2D eigenvalue weighted by Crippen LogP contribution is 2.22. The van der Waals surface area contributed by atoms with E-state index in [9.17, 15) is 0 Å². The van der Waals surface area contributed by atoms with Gasteiger partial charge in [-0.3, -0.25) is 0 Å². The van der Waals surface area contributed by atoms with Crippen molar-refractivity contribution < 1.29 is 0 Å². The Bertz CT molecular complexity index is 65.1. The molecule has 0 aliphatic carbocycles. The van der Waals surface area contributed by atoms with E-state index in [1.807, 2.05) is 9.12 Å². The Morgan fingerprint density at radius 1 is 1.38 bits per heavy atom. The first-order valence-corrected chi connectivity index (χ1v) is 7.02. The molecule has 1 fully saturated rings. The molecule has 8 heavy (non-hydrogen) atoms. The zero-order valence-electron chi connectivity index (χ0n) is 4.47. The first kappa shape index (κ1) is 7.50. The highest BCUT2D eigenvalue weighted by Gasteiger charge is 2.07. The van der Waals surface area contributed by atoms with E-state index >= 15 is 0 Å². The molecule has 0 N–H and O–H groups in total. The lowest BCUT2D eigenvalue weighted by Gasteiger charge is -2.21. The van der Waals surface area contributed by atoms with Crippen LogP contribution >= 0.6 is 42.1 Å². The number of rotatable bonds is 1. The van der Waals surface area contributed by atoms with Crippen LogP contribution in [0.15, 0.2) is 0 Å². The summed E-state index contributed by atoms with van der Waals surface area (Å²) in [5, 5.41) is 0. The summed E-state index contributed by atoms with van der Waals surface area (Å²) in [6.45, 7) is 2.52. The van der Waals surface area contributed by atoms with Crippen molar-refractivity contribution in [1.29, 1.82) is 0 Å². The molecule has 0 atom stereocenters. The van der Waals surface area contributed by atoms with Gasteiger partial charge in [-0.2, -0.15) is 11.8 Å². The smallest absolute Gasteiger partial charge is 0.0188 e. The van der Waals surface area contributed by atoms with Crippen molar-refractivity contribution in [1.82, 2.24) is 4.31 Å². The van der Waals surface area contributed by atoms with E-state index in [0.29, 0.717) is 0 Å². The standard InChI is InChI=1S/C4H8INS2/c5-8-6-1-3-7-4-2-6/h1-4H2. The Morgan fingerprint density at radius 3 is 2.38 bits per heavy atom. The number of nitrogens with zero attached hydrogens (tertiary/aromatic N) is 1. The molecule has 1 nitrogen and oxygen atoms in total. The van der Waals surface area contributed by atoms with Gasteiger partial charge in [0.2, 0.25) is 0 Å². The lowest BCUT2D eigenvalue weighted by atomic mass is 10.6. The van der Waals surface area contributed by atoms with Crippen molar-refractivity contribution in [2.75, 3.05) is 24.6 Å². The third-order valence-electron chi connectivity index (χ3n) is 1.07. The Balaban J connectivity index is 2.13. The molecule has 1 aliphatic heterocycles. The number of thioether (sulfide) groups is 1. The van der Waals surface area contributed by atoms with E-state index in [0.717, 1.165) is 0 Å². The molecule has 1 heterocycles. The topological polar surface area (TPSA) is 3.24 Å². The average molecular weight is 261 g/mol. The molecule has 4 heteroatoms. The van der Waals surface area contributed by atoms with Crippen molar-refractivity contribution in [2.45, 2.75) is 0 Å². The first-order valence-electron chi connectivity index (χ1n) is 2.55. The number of hydrogen-bond acceptors (Lipinski definition) is 3. The maximum atomic E-state index is 2.40. The molecule has 1 aliphatic rings. The Kier molecular flexibility index (Phi) is 3.98. The summed E-state index contributed by atoms with van der Waals surface area (Å²) < 4.78 is 2.40. The van der Waals surface area contributed by atoms with Gasteiger partial charge in [-0.1, -0.05) is 0 Å². The summed E-state index contributed by atoms with van der Waals surface area (Å²) >= 11 is 4.40. The van der Waals surface area contributed by atoms with E-state index in [-0.39, 0.29) is 0 Å². The molecule has 0 saturated carbocycles. The van der Waals surface area contributed by atoms with Gasteiger partial charge in [-0.15, -0.1) is 0 Å². The molecule has 0 amide bonds. The molecule has 1 saturated heterocycles. The van der Waals surface area contributed by atoms with Gasteiger partial charge < -0.3 is 0 Å². The van der Waals surface area contributed by atoms with Crippen LogP contribution in [0.1, 0.15) is 0 Å². The van der Waals surface area contributed by atoms with Gasteiger partial charge in [-0.05, 0) is 9.12 Å². The van der Waals surface area contributed by atoms with Gasteiger partial charge in [-0.25, -0.2) is 4.31 Å². The zero-order chi connectivity index (χ0) is 5.82. The van der Waals surface area contributed by atoms with E-state index in [4.69, 9.17) is 0 Å². The second-order valence-corrected chi connectivity index (χ2v) is 4.67. The third-order valence-corrected chi connectivity index (χ3v) is 4.24. The van der Waals surface area contributed by atoms with Gasteiger partial charge >= 0.3 is 0 Å². The summed E-state index contributed by atoms with van der Waals surface area (Å²) in [5.41, 5.74) is 0. The van der Waals surface area contributed by atoms with Gasteiger partial charge in [0.25, 0.3) is 0 Å². The molecule has 0 aromatic carbocycles. The van der Waals surface area contributed by atoms with Crippen LogP contribution in [0, 0.1) is 0 Å². The summed E-state index contributed by atoms with van der Waals surface area (Å²) in [6, 6.07) is 0. The van der Waals surface area contributed by atoms with E-state index in [1.54, 1.807) is 0 Å². The Morgan fingerprint density at radius 2 is 2.00 bits per heavy atom. The molecule has 0 unspecified atom stereocenters. The molecule has 48 valence electrons. The average Bonchev–Trinajstić information content (AvgIpc) is 1.90. The molecule has 0 aromatic heterocycles. The fourth-order valence-corrected chi connectivity index (χ4v) is 3.25. The Hall–Kier alpha value is 1.39. The Labute approximate surface area is 70.7 Å². The molecule has 0 bridgehead atoms. The molecular weight excluding hydrogens is 253 g/mol. The summed E-state index contributed by atoms with van der Waals surface area (Å²) in [5.74, 6) is 2.63. The minimum Gasteiger partial charge on any atom is -0.240 e. The predicted molar refractivity (Wildman–Crippen MR) is 50.5 cm³/mol. The van der Waals surface area contributed by atoms with Crippen molar-refractivity contribution in [2.24, 2.45) is 0 Å². The normalized spacial score (nSPS) is 23.6. The quantitative estimate of drug-likeness (QED) is 0.525. The van der Waals surface area contributed by atoms with Gasteiger partial charge in [0.05, 0.1) is 0 Å². The van der Waals surface area contributed by atoms with E-state index in [2.05, 4.69) is 37.3 Å². The van der Waals surface area contributed by atoms with Crippen LogP contribution < -0.4 is 0 Å². The van der Waals surface area contributed by atoms with Crippen LogP contribution in [-0.2, 0) is 0 Å². The predicted octanol–water partition coefficient (Wildman–Crippen LogP) is 2.03. The highest BCUT2D eigenvalue weighted by atomic mass is 127. The summed E-state index contributed by atoms with van der Waals surface area (Å²) in [6.07, 6.45) is 0. The molecule has 1 rings (SSSR count). The first-order chi connectivity index (χ1) is 3.93. The van der Waals surface area contributed by atoms with Crippen LogP contribution in [0.2, 0.25) is 0 Å². The highest BCUT2D eigenvalue weighted by molar-refractivity contribution is 14.2. The molecular formula is C4H8INS2. The third kappa shape index (κ3) is 2.33. The van der Waals surface area contributed by atoms with Crippen LogP contribution in [0.25, 0.3) is 0 Å². The van der Waals surface area contributed by atoms with E-state index in [1.165, 1.54) is 24.6 Å². The van der Waals surface area contributed by atoms with Gasteiger partial charge in [0.15, 0.2) is 0 Å². The lowest BCUT2D eigenvalue weighted by Crippen LogP contribution is -2.24. The lowest BCUT2D eigenvalue weighted by molar-refractivity contribution is 0.528. The van der Waals surface area contributed by atoms with Crippen molar-refractivity contribution in [3.05, 3.63) is 0 Å². The van der Waals surface area contributed by atoms with Crippen LogP contribution in [-0.4, -0.2) is 28.9 Å². The monoisotopic (exact) mass is 261 g/mol. The fraction of sp³-hybridized carbons (Fsp3) is 1.00. The van der Waals surface area contributed by atoms with Crippen molar-refractivity contribution in [3.8, 4) is 0 Å². The van der Waals surface area contributed by atoms with Gasteiger partial charge in [0, 0.05) is 45.8 Å². The SMILES string of the molecule is ISN1CCSCC1. The molecule has 0 spiro atoms. The minimum absolute atomic E-state index is 1.26. The number of halogens is 1. The molecule has 0 radical (unpaired) electrons. The van der Waals surface area contributed by atoms with Crippen LogP contribution in [0.4, 0.5) is 0 Å². The summed E-state index contributed by atoms with van der Waals surface area (Å²) in [4.78, 5) is 0. The van der Waals surface area contributed by atoms with E-state index < -0.39 is 0 Å².